The lowest BCUT2D eigenvalue weighted by Crippen LogP contribution is -2.32. The van der Waals surface area contributed by atoms with Gasteiger partial charge in [0.15, 0.2) is 5.16 Å². The molecule has 1 unspecified atom stereocenters. The van der Waals surface area contributed by atoms with E-state index in [4.69, 9.17) is 0 Å². The van der Waals surface area contributed by atoms with Crippen LogP contribution in [0.2, 0.25) is 0 Å². The maximum atomic E-state index is 13.0. The lowest BCUT2D eigenvalue weighted by molar-refractivity contribution is -0.129. The van der Waals surface area contributed by atoms with Crippen LogP contribution in [0.15, 0.2) is 64.5 Å². The standard InChI is InChI=1S/C23H25N5O2S/c1-4-14-27-21(30)18-12-8-9-13-19(18)28-22(27)24-25-23(28)31-16(2)20(29)26(3)15-17-10-6-5-7-11-17/h5-13,16H,4,14-15H2,1-3H3. The zero-order valence-electron chi connectivity index (χ0n) is 17.9. The van der Waals surface area contributed by atoms with Crippen molar-refractivity contribution in [3.05, 3.63) is 70.5 Å². The van der Waals surface area contributed by atoms with Crippen LogP contribution < -0.4 is 5.56 Å². The number of hydrogen-bond donors (Lipinski definition) is 0. The normalized spacial score (nSPS) is 12.4. The SMILES string of the molecule is CCCn1c(=O)c2ccccc2n2c(SC(C)C(=O)N(C)Cc3ccccc3)nnc12. The summed E-state index contributed by atoms with van der Waals surface area (Å²) in [5.74, 6) is 0.516. The van der Waals surface area contributed by atoms with Gasteiger partial charge < -0.3 is 4.90 Å². The Morgan fingerprint density at radius 1 is 1.10 bits per heavy atom. The molecule has 0 bridgehead atoms. The molecule has 31 heavy (non-hydrogen) atoms. The van der Waals surface area contributed by atoms with Gasteiger partial charge >= 0.3 is 0 Å². The summed E-state index contributed by atoms with van der Waals surface area (Å²) in [6.07, 6.45) is 0.808. The molecule has 8 heteroatoms. The molecule has 1 atom stereocenters. The van der Waals surface area contributed by atoms with Gasteiger partial charge in [0.1, 0.15) is 0 Å². The van der Waals surface area contributed by atoms with Gasteiger partial charge in [0.2, 0.25) is 11.7 Å². The Labute approximate surface area is 184 Å². The zero-order chi connectivity index (χ0) is 22.0. The molecule has 2 heterocycles. The first-order chi connectivity index (χ1) is 15.0. The second-order valence-electron chi connectivity index (χ2n) is 7.53. The van der Waals surface area contributed by atoms with E-state index in [1.165, 1.54) is 11.8 Å². The molecule has 0 aliphatic rings. The Morgan fingerprint density at radius 2 is 1.81 bits per heavy atom. The fourth-order valence-corrected chi connectivity index (χ4v) is 4.66. The molecule has 0 saturated carbocycles. The summed E-state index contributed by atoms with van der Waals surface area (Å²) in [5, 5.41) is 9.51. The molecular weight excluding hydrogens is 410 g/mol. The Morgan fingerprint density at radius 3 is 2.55 bits per heavy atom. The molecule has 160 valence electrons. The van der Waals surface area contributed by atoms with E-state index < -0.39 is 0 Å². The summed E-state index contributed by atoms with van der Waals surface area (Å²) >= 11 is 1.36. The molecule has 0 N–H and O–H groups in total. The van der Waals surface area contributed by atoms with Gasteiger partial charge in [-0.2, -0.15) is 0 Å². The molecule has 7 nitrogen and oxygen atoms in total. The van der Waals surface area contributed by atoms with Crippen LogP contribution in [-0.2, 0) is 17.9 Å². The third kappa shape index (κ3) is 4.07. The minimum atomic E-state index is -0.355. The number of fused-ring (bicyclic) bond motifs is 3. The van der Waals surface area contributed by atoms with Gasteiger partial charge in [-0.1, -0.05) is 61.2 Å². The molecule has 4 rings (SSSR count). The molecule has 2 aromatic heterocycles. The highest BCUT2D eigenvalue weighted by Crippen LogP contribution is 2.26. The fourth-order valence-electron chi connectivity index (χ4n) is 3.69. The van der Waals surface area contributed by atoms with E-state index in [0.29, 0.717) is 29.4 Å². The van der Waals surface area contributed by atoms with E-state index in [1.54, 1.807) is 9.47 Å². The molecule has 0 spiro atoms. The number of para-hydroxylation sites is 1. The lowest BCUT2D eigenvalue weighted by Gasteiger charge is -2.21. The summed E-state index contributed by atoms with van der Waals surface area (Å²) < 4.78 is 3.55. The highest BCUT2D eigenvalue weighted by molar-refractivity contribution is 8.00. The molecule has 1 amide bonds. The smallest absolute Gasteiger partial charge is 0.262 e. The van der Waals surface area contributed by atoms with Gasteiger partial charge in [0.05, 0.1) is 16.2 Å². The molecule has 2 aromatic carbocycles. The number of aromatic nitrogens is 4. The lowest BCUT2D eigenvalue weighted by atomic mass is 10.2. The van der Waals surface area contributed by atoms with Crippen LogP contribution in [0.1, 0.15) is 25.8 Å². The monoisotopic (exact) mass is 435 g/mol. The van der Waals surface area contributed by atoms with Crippen LogP contribution >= 0.6 is 11.8 Å². The molecule has 0 aliphatic heterocycles. The number of rotatable bonds is 7. The summed E-state index contributed by atoms with van der Waals surface area (Å²) in [7, 11) is 1.81. The number of amides is 1. The van der Waals surface area contributed by atoms with Gasteiger partial charge in [0, 0.05) is 20.1 Å². The maximum Gasteiger partial charge on any atom is 0.262 e. The average molecular weight is 436 g/mol. The molecule has 4 aromatic rings. The van der Waals surface area contributed by atoms with Crippen LogP contribution in [0, 0.1) is 0 Å². The largest absolute Gasteiger partial charge is 0.340 e. The highest BCUT2D eigenvalue weighted by Gasteiger charge is 2.23. The highest BCUT2D eigenvalue weighted by atomic mass is 32.2. The Bertz CT molecular complexity index is 1280. The summed E-state index contributed by atoms with van der Waals surface area (Å²) in [4.78, 5) is 27.7. The predicted octanol–water partition coefficient (Wildman–Crippen LogP) is 3.59. The van der Waals surface area contributed by atoms with Gasteiger partial charge in [-0.05, 0) is 31.0 Å². The zero-order valence-corrected chi connectivity index (χ0v) is 18.7. The average Bonchev–Trinajstić information content (AvgIpc) is 3.20. The van der Waals surface area contributed by atoms with Gasteiger partial charge in [-0.15, -0.1) is 10.2 Å². The first-order valence-electron chi connectivity index (χ1n) is 10.3. The van der Waals surface area contributed by atoms with Gasteiger partial charge in [0.25, 0.3) is 5.56 Å². The minimum absolute atomic E-state index is 0.0109. The molecule has 0 fully saturated rings. The van der Waals surface area contributed by atoms with E-state index in [-0.39, 0.29) is 16.7 Å². The van der Waals surface area contributed by atoms with Crippen LogP contribution in [0.4, 0.5) is 0 Å². The first-order valence-corrected chi connectivity index (χ1v) is 11.2. The fraction of sp³-hybridized carbons (Fsp3) is 0.304. The first kappa shape index (κ1) is 21.1. The van der Waals surface area contributed by atoms with Crippen molar-refractivity contribution in [1.82, 2.24) is 24.1 Å². The quantitative estimate of drug-likeness (QED) is 0.415. The van der Waals surface area contributed by atoms with Crippen molar-refractivity contribution in [2.45, 2.75) is 43.8 Å². The molecular formula is C23H25N5O2S. The number of thioether (sulfide) groups is 1. The molecule has 0 saturated heterocycles. The van der Waals surface area contributed by atoms with Crippen molar-refractivity contribution in [1.29, 1.82) is 0 Å². The number of nitrogens with zero attached hydrogens (tertiary/aromatic N) is 5. The summed E-state index contributed by atoms with van der Waals surface area (Å²) in [6.45, 7) is 5.00. The van der Waals surface area contributed by atoms with Crippen LogP contribution in [0.3, 0.4) is 0 Å². The van der Waals surface area contributed by atoms with Gasteiger partial charge in [-0.3, -0.25) is 18.6 Å². The van der Waals surface area contributed by atoms with E-state index in [2.05, 4.69) is 10.2 Å². The van der Waals surface area contributed by atoms with E-state index in [0.717, 1.165) is 17.5 Å². The van der Waals surface area contributed by atoms with Crippen LogP contribution in [0.5, 0.6) is 0 Å². The van der Waals surface area contributed by atoms with Crippen molar-refractivity contribution >= 4 is 34.3 Å². The third-order valence-electron chi connectivity index (χ3n) is 5.19. The van der Waals surface area contributed by atoms with E-state index >= 15 is 0 Å². The Hall–Kier alpha value is -3.13. The third-order valence-corrected chi connectivity index (χ3v) is 6.22. The molecule has 0 radical (unpaired) electrons. The van der Waals surface area contributed by atoms with E-state index in [1.807, 2.05) is 79.9 Å². The predicted molar refractivity (Wildman–Crippen MR) is 123 cm³/mol. The Balaban J connectivity index is 1.67. The molecule has 0 aliphatic carbocycles. The number of carbonyl (C=O) groups is 1. The Kier molecular flexibility index (Phi) is 6.08. The van der Waals surface area contributed by atoms with Crippen molar-refractivity contribution in [2.75, 3.05) is 7.05 Å². The minimum Gasteiger partial charge on any atom is -0.340 e. The number of hydrogen-bond acceptors (Lipinski definition) is 5. The van der Waals surface area contributed by atoms with Crippen molar-refractivity contribution in [3.63, 3.8) is 0 Å². The second kappa shape index (κ2) is 8.93. The van der Waals surface area contributed by atoms with Crippen LogP contribution in [0.25, 0.3) is 16.7 Å². The summed E-state index contributed by atoms with van der Waals surface area (Å²) in [6, 6.07) is 17.4. The maximum absolute atomic E-state index is 13.0. The van der Waals surface area contributed by atoms with Crippen molar-refractivity contribution in [3.8, 4) is 0 Å². The number of carbonyl (C=O) groups excluding carboxylic acids is 1. The van der Waals surface area contributed by atoms with Crippen LogP contribution in [-0.4, -0.2) is 42.3 Å². The van der Waals surface area contributed by atoms with Crippen molar-refractivity contribution < 1.29 is 4.79 Å². The second-order valence-corrected chi connectivity index (χ2v) is 8.84. The number of benzene rings is 2. The van der Waals surface area contributed by atoms with Gasteiger partial charge in [-0.25, -0.2) is 0 Å². The van der Waals surface area contributed by atoms with Crippen molar-refractivity contribution in [2.24, 2.45) is 0 Å². The summed E-state index contributed by atoms with van der Waals surface area (Å²) in [5.41, 5.74) is 1.76. The van der Waals surface area contributed by atoms with E-state index in [9.17, 15) is 9.59 Å². The topological polar surface area (TPSA) is 72.5 Å². The number of aryl methyl sites for hydroxylation is 1.